The first kappa shape index (κ1) is 21.3. The number of Topliss-reactive ketones (excluding diaryl/α,β-unsaturated/α-hetero) is 1. The van der Waals surface area contributed by atoms with E-state index in [1.54, 1.807) is 12.1 Å². The number of hydrogen-bond acceptors (Lipinski definition) is 4. The quantitative estimate of drug-likeness (QED) is 0.515. The van der Waals surface area contributed by atoms with Crippen molar-refractivity contribution in [3.8, 4) is 0 Å². The van der Waals surface area contributed by atoms with Gasteiger partial charge in [-0.3, -0.25) is 4.79 Å². The van der Waals surface area contributed by atoms with Gasteiger partial charge < -0.3 is 5.73 Å². The normalized spacial score (nSPS) is 12.5. The van der Waals surface area contributed by atoms with E-state index in [9.17, 15) is 13.2 Å². The summed E-state index contributed by atoms with van der Waals surface area (Å²) in [6, 6.07) is 5.64. The molecule has 0 aliphatic rings. The molecule has 0 aromatic heterocycles. The number of sulfonamides is 1. The molecule has 5 nitrogen and oxygen atoms in total. The molecule has 0 aliphatic carbocycles. The molecule has 0 unspecified atom stereocenters. The SMILES string of the molecule is Cc1ccc(S(=O)(=O)N[C@@H](CCCCN)C(=O)CCl)cc1.Cl. The van der Waals surface area contributed by atoms with E-state index in [1.807, 2.05) is 6.92 Å². The van der Waals surface area contributed by atoms with Crippen LogP contribution in [0.5, 0.6) is 0 Å². The number of nitrogens with one attached hydrogen (secondary N) is 1. The molecule has 3 N–H and O–H groups in total. The molecule has 0 fully saturated rings. The number of rotatable bonds is 9. The van der Waals surface area contributed by atoms with E-state index in [1.165, 1.54) is 12.1 Å². The summed E-state index contributed by atoms with van der Waals surface area (Å²) in [6.07, 6.45) is 1.80. The lowest BCUT2D eigenvalue weighted by Gasteiger charge is -2.16. The van der Waals surface area contributed by atoms with Crippen molar-refractivity contribution in [3.63, 3.8) is 0 Å². The molecule has 1 aromatic carbocycles. The van der Waals surface area contributed by atoms with Crippen molar-refractivity contribution in [3.05, 3.63) is 29.8 Å². The monoisotopic (exact) mass is 368 g/mol. The van der Waals surface area contributed by atoms with Gasteiger partial charge in [0.25, 0.3) is 0 Å². The van der Waals surface area contributed by atoms with Crippen LogP contribution < -0.4 is 10.5 Å². The van der Waals surface area contributed by atoms with Gasteiger partial charge >= 0.3 is 0 Å². The van der Waals surface area contributed by atoms with Gasteiger partial charge in [0.15, 0.2) is 5.78 Å². The van der Waals surface area contributed by atoms with Gasteiger partial charge in [-0.15, -0.1) is 24.0 Å². The lowest BCUT2D eigenvalue weighted by atomic mass is 10.1. The van der Waals surface area contributed by atoms with Gasteiger partial charge in [-0.1, -0.05) is 24.1 Å². The second-order valence-electron chi connectivity index (χ2n) is 4.87. The van der Waals surface area contributed by atoms with Gasteiger partial charge in [-0.05, 0) is 38.4 Å². The molecular formula is C14H22Cl2N2O3S. The van der Waals surface area contributed by atoms with Crippen molar-refractivity contribution in [2.45, 2.75) is 37.1 Å². The first-order chi connectivity index (χ1) is 9.90. The summed E-state index contributed by atoms with van der Waals surface area (Å²) >= 11 is 5.55. The van der Waals surface area contributed by atoms with E-state index >= 15 is 0 Å². The zero-order chi connectivity index (χ0) is 15.9. The Morgan fingerprint density at radius 1 is 1.27 bits per heavy atom. The molecule has 0 saturated carbocycles. The Hall–Kier alpha value is -0.660. The van der Waals surface area contributed by atoms with Crippen LogP contribution in [0.4, 0.5) is 0 Å². The molecule has 8 heteroatoms. The summed E-state index contributed by atoms with van der Waals surface area (Å²) in [5.74, 6) is -0.548. The van der Waals surface area contributed by atoms with Crippen molar-refractivity contribution in [2.75, 3.05) is 12.4 Å². The number of ketones is 1. The van der Waals surface area contributed by atoms with Crippen LogP contribution in [0.1, 0.15) is 24.8 Å². The van der Waals surface area contributed by atoms with Crippen LogP contribution >= 0.6 is 24.0 Å². The summed E-state index contributed by atoms with van der Waals surface area (Å²) in [6.45, 7) is 2.38. The van der Waals surface area contributed by atoms with E-state index in [0.717, 1.165) is 12.0 Å². The topological polar surface area (TPSA) is 89.3 Å². The molecule has 22 heavy (non-hydrogen) atoms. The highest BCUT2D eigenvalue weighted by Gasteiger charge is 2.24. The van der Waals surface area contributed by atoms with Crippen molar-refractivity contribution >= 4 is 39.8 Å². The fraction of sp³-hybridized carbons (Fsp3) is 0.500. The maximum atomic E-state index is 12.3. The maximum absolute atomic E-state index is 12.3. The predicted molar refractivity (Wildman–Crippen MR) is 91.2 cm³/mol. The third kappa shape index (κ3) is 6.62. The fourth-order valence-electron chi connectivity index (χ4n) is 1.84. The molecule has 126 valence electrons. The highest BCUT2D eigenvalue weighted by molar-refractivity contribution is 7.89. The van der Waals surface area contributed by atoms with Crippen molar-refractivity contribution in [1.82, 2.24) is 4.72 Å². The van der Waals surface area contributed by atoms with E-state index in [2.05, 4.69) is 4.72 Å². The third-order valence-electron chi connectivity index (χ3n) is 3.10. The minimum absolute atomic E-state index is 0. The van der Waals surface area contributed by atoms with Gasteiger partial charge in [-0.25, -0.2) is 13.1 Å². The Bertz CT molecular complexity index is 562. The Morgan fingerprint density at radius 3 is 2.36 bits per heavy atom. The number of halogens is 2. The van der Waals surface area contributed by atoms with E-state index in [0.29, 0.717) is 19.4 Å². The predicted octanol–water partition coefficient (Wildman–Crippen LogP) is 2.00. The van der Waals surface area contributed by atoms with Crippen LogP contribution in [0.2, 0.25) is 0 Å². The summed E-state index contributed by atoms with van der Waals surface area (Å²) in [5, 5.41) is 0. The molecule has 0 bridgehead atoms. The summed E-state index contributed by atoms with van der Waals surface area (Å²) < 4.78 is 27.0. The Kier molecular flexibility index (Phi) is 9.87. The maximum Gasteiger partial charge on any atom is 0.241 e. The number of hydrogen-bond donors (Lipinski definition) is 2. The Balaban J connectivity index is 0.00000441. The van der Waals surface area contributed by atoms with Gasteiger partial charge in [0.2, 0.25) is 10.0 Å². The number of carbonyl (C=O) groups is 1. The van der Waals surface area contributed by atoms with Crippen molar-refractivity contribution in [2.24, 2.45) is 5.73 Å². The lowest BCUT2D eigenvalue weighted by Crippen LogP contribution is -2.41. The fourth-order valence-corrected chi connectivity index (χ4v) is 3.28. The van der Waals surface area contributed by atoms with Crippen LogP contribution in [0.25, 0.3) is 0 Å². The molecule has 0 heterocycles. The number of alkyl halides is 1. The summed E-state index contributed by atoms with van der Waals surface area (Å²) in [7, 11) is -3.73. The smallest absolute Gasteiger partial charge is 0.241 e. The molecule has 1 aromatic rings. The number of unbranched alkanes of at least 4 members (excludes halogenated alkanes) is 1. The lowest BCUT2D eigenvalue weighted by molar-refractivity contribution is -0.118. The Labute approximate surface area is 143 Å². The molecule has 0 radical (unpaired) electrons. The van der Waals surface area contributed by atoms with Crippen LogP contribution in [0.15, 0.2) is 29.2 Å². The van der Waals surface area contributed by atoms with Crippen molar-refractivity contribution in [1.29, 1.82) is 0 Å². The number of nitrogens with two attached hydrogens (primary N) is 1. The molecule has 0 amide bonds. The van der Waals surface area contributed by atoms with Crippen LogP contribution in [0, 0.1) is 6.92 Å². The molecule has 1 rings (SSSR count). The van der Waals surface area contributed by atoms with Crippen LogP contribution in [-0.4, -0.2) is 32.7 Å². The van der Waals surface area contributed by atoms with Crippen LogP contribution in [0.3, 0.4) is 0 Å². The summed E-state index contributed by atoms with van der Waals surface area (Å²) in [5.41, 5.74) is 6.37. The number of aryl methyl sites for hydroxylation is 1. The molecule has 0 saturated heterocycles. The zero-order valence-electron chi connectivity index (χ0n) is 12.4. The first-order valence-electron chi connectivity index (χ1n) is 6.78. The Morgan fingerprint density at radius 2 is 1.86 bits per heavy atom. The largest absolute Gasteiger partial charge is 0.330 e. The first-order valence-corrected chi connectivity index (χ1v) is 8.80. The number of benzene rings is 1. The average molecular weight is 369 g/mol. The van der Waals surface area contributed by atoms with Gasteiger partial charge in [0, 0.05) is 0 Å². The summed E-state index contributed by atoms with van der Waals surface area (Å²) in [4.78, 5) is 11.9. The average Bonchev–Trinajstić information content (AvgIpc) is 2.46. The van der Waals surface area contributed by atoms with E-state index in [4.69, 9.17) is 17.3 Å². The molecule has 0 aliphatic heterocycles. The van der Waals surface area contributed by atoms with Crippen LogP contribution in [-0.2, 0) is 14.8 Å². The molecular weight excluding hydrogens is 347 g/mol. The standard InChI is InChI=1S/C14H21ClN2O3S.ClH/c1-11-5-7-12(8-6-11)21(19,20)17-13(14(18)10-15)4-2-3-9-16;/h5-8,13,17H,2-4,9-10,16H2,1H3;1H/t13-;/m0./s1. The number of carbonyl (C=O) groups excluding carboxylic acids is 1. The minimum Gasteiger partial charge on any atom is -0.330 e. The zero-order valence-corrected chi connectivity index (χ0v) is 14.8. The van der Waals surface area contributed by atoms with Gasteiger partial charge in [0.1, 0.15) is 0 Å². The third-order valence-corrected chi connectivity index (χ3v) is 4.85. The second kappa shape index (κ2) is 10.2. The van der Waals surface area contributed by atoms with Gasteiger partial charge in [0.05, 0.1) is 16.8 Å². The van der Waals surface area contributed by atoms with E-state index in [-0.39, 0.29) is 29.0 Å². The van der Waals surface area contributed by atoms with Gasteiger partial charge in [-0.2, -0.15) is 0 Å². The second-order valence-corrected chi connectivity index (χ2v) is 6.85. The highest BCUT2D eigenvalue weighted by Crippen LogP contribution is 2.13. The molecule has 1 atom stereocenters. The minimum atomic E-state index is -3.73. The van der Waals surface area contributed by atoms with Crippen molar-refractivity contribution < 1.29 is 13.2 Å². The van der Waals surface area contributed by atoms with E-state index < -0.39 is 16.1 Å². The highest BCUT2D eigenvalue weighted by atomic mass is 35.5. The molecule has 0 spiro atoms.